The number of nitrogens with zero attached hydrogens (tertiary/aromatic N) is 1. The molecule has 6 nitrogen and oxygen atoms in total. The molecule has 0 aliphatic rings. The normalized spacial score (nSPS) is 12.1. The standard InChI is InChI=1S/C13H12BrN3O3S/c14-9-4-3-5-10(8-9)21(19,20)17-12-7-2-1-6-11(12)13(15)16-18/h1-8,17-18H,(H2,15,16). The Bertz CT molecular complexity index is 791. The first-order chi connectivity index (χ1) is 9.94. The quantitative estimate of drug-likeness (QED) is 0.333. The van der Waals surface area contributed by atoms with Gasteiger partial charge in [0.05, 0.1) is 10.6 Å². The number of oxime groups is 1. The maximum absolute atomic E-state index is 12.3. The van der Waals surface area contributed by atoms with E-state index < -0.39 is 10.0 Å². The summed E-state index contributed by atoms with van der Waals surface area (Å²) in [4.78, 5) is 0.103. The molecule has 0 saturated carbocycles. The van der Waals surface area contributed by atoms with Crippen molar-refractivity contribution in [3.05, 3.63) is 58.6 Å². The Morgan fingerprint density at radius 2 is 1.90 bits per heavy atom. The highest BCUT2D eigenvalue weighted by Gasteiger charge is 2.17. The summed E-state index contributed by atoms with van der Waals surface area (Å²) in [6.07, 6.45) is 0. The summed E-state index contributed by atoms with van der Waals surface area (Å²) >= 11 is 3.22. The van der Waals surface area contributed by atoms with Gasteiger partial charge in [-0.25, -0.2) is 8.42 Å². The minimum atomic E-state index is -3.77. The molecule has 110 valence electrons. The van der Waals surface area contributed by atoms with Gasteiger partial charge in [-0.2, -0.15) is 0 Å². The molecule has 2 aromatic rings. The van der Waals surface area contributed by atoms with Gasteiger partial charge in [0.15, 0.2) is 5.84 Å². The number of nitrogens with two attached hydrogens (primary N) is 1. The number of rotatable bonds is 4. The predicted octanol–water partition coefficient (Wildman–Crippen LogP) is 2.34. The highest BCUT2D eigenvalue weighted by Crippen LogP contribution is 2.22. The van der Waals surface area contributed by atoms with E-state index in [1.165, 1.54) is 18.2 Å². The number of anilines is 1. The van der Waals surface area contributed by atoms with Gasteiger partial charge in [-0.15, -0.1) is 0 Å². The van der Waals surface area contributed by atoms with Crippen molar-refractivity contribution in [2.45, 2.75) is 4.90 Å². The zero-order valence-corrected chi connectivity index (χ0v) is 13.1. The van der Waals surface area contributed by atoms with Crippen molar-refractivity contribution in [2.75, 3.05) is 4.72 Å². The number of amidine groups is 1. The first kappa shape index (κ1) is 15.3. The lowest BCUT2D eigenvalue weighted by molar-refractivity contribution is 0.318. The molecule has 0 spiro atoms. The van der Waals surface area contributed by atoms with Crippen LogP contribution in [0.15, 0.2) is 63.1 Å². The number of halogens is 1. The summed E-state index contributed by atoms with van der Waals surface area (Å²) < 4.78 is 27.8. The molecule has 0 aliphatic heterocycles. The molecule has 2 rings (SSSR count). The number of para-hydroxylation sites is 1. The van der Waals surface area contributed by atoms with E-state index in [9.17, 15) is 8.42 Å². The Morgan fingerprint density at radius 3 is 2.57 bits per heavy atom. The van der Waals surface area contributed by atoms with Crippen LogP contribution in [0.5, 0.6) is 0 Å². The van der Waals surface area contributed by atoms with Crippen molar-refractivity contribution >= 4 is 37.5 Å². The zero-order chi connectivity index (χ0) is 15.5. The van der Waals surface area contributed by atoms with Gasteiger partial charge in [-0.3, -0.25) is 4.72 Å². The summed E-state index contributed by atoms with van der Waals surface area (Å²) in [6.45, 7) is 0. The molecule has 8 heteroatoms. The average Bonchev–Trinajstić information content (AvgIpc) is 2.46. The number of hydrogen-bond acceptors (Lipinski definition) is 4. The van der Waals surface area contributed by atoms with Crippen LogP contribution in [0.4, 0.5) is 5.69 Å². The molecule has 0 aliphatic carbocycles. The highest BCUT2D eigenvalue weighted by atomic mass is 79.9. The Balaban J connectivity index is 2.43. The fourth-order valence-corrected chi connectivity index (χ4v) is 3.36. The second-order valence-corrected chi connectivity index (χ2v) is 6.69. The first-order valence-corrected chi connectivity index (χ1v) is 8.07. The number of sulfonamides is 1. The maximum Gasteiger partial charge on any atom is 0.261 e. The van der Waals surface area contributed by atoms with Crippen LogP contribution >= 0.6 is 15.9 Å². The third-order valence-electron chi connectivity index (χ3n) is 2.66. The van der Waals surface area contributed by atoms with Gasteiger partial charge < -0.3 is 10.9 Å². The van der Waals surface area contributed by atoms with E-state index in [0.29, 0.717) is 10.0 Å². The predicted molar refractivity (Wildman–Crippen MR) is 83.9 cm³/mol. The van der Waals surface area contributed by atoms with E-state index in [0.717, 1.165) is 0 Å². The molecule has 0 heterocycles. The summed E-state index contributed by atoms with van der Waals surface area (Å²) in [5.74, 6) is -0.178. The smallest absolute Gasteiger partial charge is 0.261 e. The van der Waals surface area contributed by atoms with Crippen molar-refractivity contribution in [1.82, 2.24) is 0 Å². The Morgan fingerprint density at radius 1 is 1.19 bits per heavy atom. The van der Waals surface area contributed by atoms with Crippen LogP contribution in [0.25, 0.3) is 0 Å². The Hall–Kier alpha value is -2.06. The van der Waals surface area contributed by atoms with Crippen LogP contribution in [0.1, 0.15) is 5.56 Å². The largest absolute Gasteiger partial charge is 0.409 e. The molecule has 0 unspecified atom stereocenters. The van der Waals surface area contributed by atoms with E-state index >= 15 is 0 Å². The number of benzene rings is 2. The van der Waals surface area contributed by atoms with Crippen molar-refractivity contribution in [3.8, 4) is 0 Å². The fraction of sp³-hybridized carbons (Fsp3) is 0. The van der Waals surface area contributed by atoms with Crippen molar-refractivity contribution in [1.29, 1.82) is 0 Å². The molecule has 0 bridgehead atoms. The molecule has 0 saturated heterocycles. The van der Waals surface area contributed by atoms with Gasteiger partial charge in [-0.1, -0.05) is 39.3 Å². The number of nitrogens with one attached hydrogen (secondary N) is 1. The SMILES string of the molecule is N/C(=N/O)c1ccccc1NS(=O)(=O)c1cccc(Br)c1. The second kappa shape index (κ2) is 6.15. The molecule has 0 amide bonds. The fourth-order valence-electron chi connectivity index (χ4n) is 1.69. The summed E-state index contributed by atoms with van der Waals surface area (Å²) in [7, 11) is -3.77. The summed E-state index contributed by atoms with van der Waals surface area (Å²) in [5, 5.41) is 11.6. The molecular formula is C13H12BrN3O3S. The lowest BCUT2D eigenvalue weighted by Gasteiger charge is -2.12. The molecular weight excluding hydrogens is 358 g/mol. The second-order valence-electron chi connectivity index (χ2n) is 4.09. The van der Waals surface area contributed by atoms with Gasteiger partial charge >= 0.3 is 0 Å². The van der Waals surface area contributed by atoms with Crippen LogP contribution in [0.2, 0.25) is 0 Å². The minimum absolute atomic E-state index is 0.103. The summed E-state index contributed by atoms with van der Waals surface area (Å²) in [6, 6.07) is 12.7. The molecule has 0 aromatic heterocycles. The highest BCUT2D eigenvalue weighted by molar-refractivity contribution is 9.10. The van der Waals surface area contributed by atoms with E-state index in [1.807, 2.05) is 0 Å². The third kappa shape index (κ3) is 3.53. The van der Waals surface area contributed by atoms with Gasteiger partial charge in [0.1, 0.15) is 0 Å². The van der Waals surface area contributed by atoms with Crippen molar-refractivity contribution in [2.24, 2.45) is 10.9 Å². The van der Waals surface area contributed by atoms with Gasteiger partial charge in [0.25, 0.3) is 10.0 Å². The first-order valence-electron chi connectivity index (χ1n) is 5.79. The molecule has 4 N–H and O–H groups in total. The monoisotopic (exact) mass is 369 g/mol. The Kier molecular flexibility index (Phi) is 4.49. The maximum atomic E-state index is 12.3. The molecule has 0 atom stereocenters. The van der Waals surface area contributed by atoms with E-state index in [1.54, 1.807) is 30.3 Å². The van der Waals surface area contributed by atoms with Gasteiger partial charge in [0, 0.05) is 10.0 Å². The molecule has 0 fully saturated rings. The minimum Gasteiger partial charge on any atom is -0.409 e. The van der Waals surface area contributed by atoms with E-state index in [4.69, 9.17) is 10.9 Å². The third-order valence-corrected chi connectivity index (χ3v) is 4.52. The number of hydrogen-bond donors (Lipinski definition) is 3. The van der Waals surface area contributed by atoms with E-state index in [-0.39, 0.29) is 16.4 Å². The summed E-state index contributed by atoms with van der Waals surface area (Å²) in [5.41, 5.74) is 6.05. The van der Waals surface area contributed by atoms with Crippen LogP contribution < -0.4 is 10.5 Å². The molecule has 2 aromatic carbocycles. The van der Waals surface area contributed by atoms with Gasteiger partial charge in [0.2, 0.25) is 0 Å². The Labute approximate surface area is 130 Å². The van der Waals surface area contributed by atoms with Crippen molar-refractivity contribution < 1.29 is 13.6 Å². The topological polar surface area (TPSA) is 105 Å². The molecule has 0 radical (unpaired) electrons. The van der Waals surface area contributed by atoms with Crippen LogP contribution in [0.3, 0.4) is 0 Å². The molecule has 21 heavy (non-hydrogen) atoms. The van der Waals surface area contributed by atoms with Gasteiger partial charge in [-0.05, 0) is 30.3 Å². The van der Waals surface area contributed by atoms with Crippen LogP contribution in [0, 0.1) is 0 Å². The lowest BCUT2D eigenvalue weighted by Crippen LogP contribution is -2.19. The lowest BCUT2D eigenvalue weighted by atomic mass is 10.2. The average molecular weight is 370 g/mol. The zero-order valence-electron chi connectivity index (χ0n) is 10.7. The van der Waals surface area contributed by atoms with Crippen LogP contribution in [-0.2, 0) is 10.0 Å². The van der Waals surface area contributed by atoms with Crippen molar-refractivity contribution in [3.63, 3.8) is 0 Å². The van der Waals surface area contributed by atoms with Crippen LogP contribution in [-0.4, -0.2) is 19.5 Å². The van der Waals surface area contributed by atoms with E-state index in [2.05, 4.69) is 25.8 Å².